The topological polar surface area (TPSA) is 121 Å². The van der Waals surface area contributed by atoms with Crippen molar-refractivity contribution < 1.29 is 24.6 Å². The van der Waals surface area contributed by atoms with Crippen molar-refractivity contribution in [3.05, 3.63) is 24.3 Å². The van der Waals surface area contributed by atoms with Crippen LogP contribution in [0.3, 0.4) is 0 Å². The first-order valence-corrected chi connectivity index (χ1v) is 9.53. The number of nitrogens with one attached hydrogen (secondary N) is 2. The van der Waals surface area contributed by atoms with Crippen LogP contribution in [0.5, 0.6) is 11.8 Å². The number of carbonyl (C=O) groups is 3. The number of allylic oxidation sites excluding steroid dienone is 1. The van der Waals surface area contributed by atoms with E-state index in [2.05, 4.69) is 10.7 Å². The number of hydrogen-bond donors (Lipinski definition) is 4. The van der Waals surface area contributed by atoms with E-state index in [1.165, 1.54) is 18.2 Å². The van der Waals surface area contributed by atoms with Crippen LogP contribution in [-0.4, -0.2) is 38.5 Å². The standard InChI is InChI=1S/C20H29N3O5/c1-20(2,3)12-11-14(24)21-17(13-7-5-4-6-8-13)18(27)19(28)22-23-15(25)9-10-16(23)26/h9-13,17,25-26H,4-8H2,1-3H3,(H,21,24)(H,22,28). The van der Waals surface area contributed by atoms with Crippen LogP contribution in [0, 0.1) is 11.3 Å². The van der Waals surface area contributed by atoms with Crippen LogP contribution < -0.4 is 10.7 Å². The largest absolute Gasteiger partial charge is 0.493 e. The minimum atomic E-state index is -1.02. The molecule has 1 aliphatic carbocycles. The van der Waals surface area contributed by atoms with E-state index in [0.29, 0.717) is 4.68 Å². The third-order valence-electron chi connectivity index (χ3n) is 4.71. The number of hydrogen-bond acceptors (Lipinski definition) is 5. The van der Waals surface area contributed by atoms with Crippen molar-refractivity contribution in [2.24, 2.45) is 11.3 Å². The molecule has 4 N–H and O–H groups in total. The predicted molar refractivity (Wildman–Crippen MR) is 104 cm³/mol. The van der Waals surface area contributed by atoms with Gasteiger partial charge in [-0.1, -0.05) is 46.1 Å². The number of aromatic nitrogens is 1. The van der Waals surface area contributed by atoms with Gasteiger partial charge >= 0.3 is 5.91 Å². The maximum Gasteiger partial charge on any atom is 0.308 e. The molecule has 1 aromatic rings. The van der Waals surface area contributed by atoms with Crippen LogP contribution in [-0.2, 0) is 14.4 Å². The molecule has 2 rings (SSSR count). The Hall–Kier alpha value is -2.77. The Labute approximate surface area is 164 Å². The van der Waals surface area contributed by atoms with E-state index in [1.807, 2.05) is 20.8 Å². The van der Waals surface area contributed by atoms with Gasteiger partial charge in [0.15, 0.2) is 0 Å². The van der Waals surface area contributed by atoms with Gasteiger partial charge < -0.3 is 15.5 Å². The van der Waals surface area contributed by atoms with Gasteiger partial charge in [0.05, 0.1) is 0 Å². The molecule has 0 aliphatic heterocycles. The number of Topliss-reactive ketones (excluding diaryl/α,β-unsaturated/α-hetero) is 1. The second-order valence-corrected chi connectivity index (χ2v) is 8.27. The van der Waals surface area contributed by atoms with Crippen LogP contribution in [0.1, 0.15) is 52.9 Å². The van der Waals surface area contributed by atoms with Crippen molar-refractivity contribution in [3.63, 3.8) is 0 Å². The average molecular weight is 391 g/mol. The van der Waals surface area contributed by atoms with Gasteiger partial charge in [-0.05, 0) is 30.3 Å². The molecule has 0 saturated heterocycles. The first-order chi connectivity index (χ1) is 13.1. The van der Waals surface area contributed by atoms with E-state index in [1.54, 1.807) is 6.08 Å². The molecule has 0 radical (unpaired) electrons. The average Bonchev–Trinajstić information content (AvgIpc) is 2.96. The molecule has 0 spiro atoms. The Morgan fingerprint density at radius 1 is 1.11 bits per heavy atom. The lowest BCUT2D eigenvalue weighted by Gasteiger charge is -2.29. The van der Waals surface area contributed by atoms with Gasteiger partial charge in [0.1, 0.15) is 6.04 Å². The molecule has 1 aromatic heterocycles. The van der Waals surface area contributed by atoms with Crippen molar-refractivity contribution >= 4 is 17.6 Å². The summed E-state index contributed by atoms with van der Waals surface area (Å²) in [6.07, 6.45) is 7.53. The van der Waals surface area contributed by atoms with E-state index in [9.17, 15) is 24.6 Å². The molecule has 0 aromatic carbocycles. The molecule has 2 amide bonds. The fourth-order valence-electron chi connectivity index (χ4n) is 3.22. The van der Waals surface area contributed by atoms with Crippen molar-refractivity contribution in [3.8, 4) is 11.8 Å². The highest BCUT2D eigenvalue weighted by Crippen LogP contribution is 2.27. The predicted octanol–water partition coefficient (Wildman–Crippen LogP) is 2.21. The Morgan fingerprint density at radius 2 is 1.68 bits per heavy atom. The number of rotatable bonds is 6. The first kappa shape index (κ1) is 21.5. The van der Waals surface area contributed by atoms with Gasteiger partial charge in [0.25, 0.3) is 0 Å². The number of amides is 2. The normalized spacial score (nSPS) is 16.7. The molecule has 28 heavy (non-hydrogen) atoms. The molecular formula is C20H29N3O5. The minimum absolute atomic E-state index is 0.133. The number of ketones is 1. The molecule has 1 heterocycles. The molecule has 1 aliphatic rings. The second-order valence-electron chi connectivity index (χ2n) is 8.27. The zero-order valence-electron chi connectivity index (χ0n) is 16.6. The Bertz CT molecular complexity index is 735. The van der Waals surface area contributed by atoms with Gasteiger partial charge in [0.2, 0.25) is 23.5 Å². The zero-order valence-corrected chi connectivity index (χ0v) is 16.6. The third-order valence-corrected chi connectivity index (χ3v) is 4.71. The Morgan fingerprint density at radius 3 is 2.21 bits per heavy atom. The van der Waals surface area contributed by atoms with Crippen molar-refractivity contribution in [1.29, 1.82) is 0 Å². The summed E-state index contributed by atoms with van der Waals surface area (Å²) >= 11 is 0. The van der Waals surface area contributed by atoms with Gasteiger partial charge in [-0.3, -0.25) is 19.8 Å². The highest BCUT2D eigenvalue weighted by Gasteiger charge is 2.34. The van der Waals surface area contributed by atoms with Gasteiger partial charge in [-0.15, -0.1) is 0 Å². The van der Waals surface area contributed by atoms with Crippen molar-refractivity contribution in [2.45, 2.75) is 58.9 Å². The highest BCUT2D eigenvalue weighted by atomic mass is 16.3. The summed E-state index contributed by atoms with van der Waals surface area (Å²) in [6.45, 7) is 5.85. The van der Waals surface area contributed by atoms with Crippen molar-refractivity contribution in [2.75, 3.05) is 5.43 Å². The van der Waals surface area contributed by atoms with Gasteiger partial charge in [-0.25, -0.2) is 0 Å². The van der Waals surface area contributed by atoms with Crippen LogP contribution in [0.2, 0.25) is 0 Å². The summed E-state index contributed by atoms with van der Waals surface area (Å²) in [5.74, 6) is -3.21. The van der Waals surface area contributed by atoms with E-state index >= 15 is 0 Å². The van der Waals surface area contributed by atoms with Crippen LogP contribution >= 0.6 is 0 Å². The summed E-state index contributed by atoms with van der Waals surface area (Å²) < 4.78 is 0.708. The summed E-state index contributed by atoms with van der Waals surface area (Å²) in [6, 6.07) is 1.40. The molecule has 8 heteroatoms. The lowest BCUT2D eigenvalue weighted by atomic mass is 9.82. The Kier molecular flexibility index (Phi) is 6.88. The van der Waals surface area contributed by atoms with E-state index < -0.39 is 35.4 Å². The summed E-state index contributed by atoms with van der Waals surface area (Å²) in [7, 11) is 0. The maximum atomic E-state index is 12.8. The molecule has 1 fully saturated rings. The molecule has 1 unspecified atom stereocenters. The zero-order chi connectivity index (χ0) is 20.9. The van der Waals surface area contributed by atoms with E-state index in [4.69, 9.17) is 0 Å². The smallest absolute Gasteiger partial charge is 0.308 e. The lowest BCUT2D eigenvalue weighted by molar-refractivity contribution is -0.138. The molecule has 1 saturated carbocycles. The van der Waals surface area contributed by atoms with Gasteiger partial charge in [0, 0.05) is 12.1 Å². The molecular weight excluding hydrogens is 362 g/mol. The minimum Gasteiger partial charge on any atom is -0.493 e. The SMILES string of the molecule is CC(C)(C)C=CC(=O)NC(C(=O)C(=O)Nn1c(O)ccc1O)C1CCCCC1. The van der Waals surface area contributed by atoms with E-state index in [0.717, 1.165) is 32.1 Å². The lowest BCUT2D eigenvalue weighted by Crippen LogP contribution is -2.50. The molecule has 0 bridgehead atoms. The fourth-order valence-corrected chi connectivity index (χ4v) is 3.22. The number of nitrogens with zero attached hydrogens (tertiary/aromatic N) is 1. The quantitative estimate of drug-likeness (QED) is 0.438. The van der Waals surface area contributed by atoms with Crippen LogP contribution in [0.25, 0.3) is 0 Å². The number of aromatic hydroxyl groups is 2. The molecule has 154 valence electrons. The van der Waals surface area contributed by atoms with Crippen LogP contribution in [0.4, 0.5) is 0 Å². The second kappa shape index (κ2) is 8.95. The number of carbonyl (C=O) groups excluding carboxylic acids is 3. The Balaban J connectivity index is 2.15. The fraction of sp³-hybridized carbons (Fsp3) is 0.550. The van der Waals surface area contributed by atoms with Gasteiger partial charge in [-0.2, -0.15) is 4.68 Å². The van der Waals surface area contributed by atoms with E-state index in [-0.39, 0.29) is 11.3 Å². The van der Waals surface area contributed by atoms with Crippen molar-refractivity contribution in [1.82, 2.24) is 9.99 Å². The first-order valence-electron chi connectivity index (χ1n) is 9.53. The summed E-state index contributed by atoms with van der Waals surface area (Å²) in [5, 5.41) is 22.0. The third kappa shape index (κ3) is 5.87. The monoisotopic (exact) mass is 391 g/mol. The highest BCUT2D eigenvalue weighted by molar-refractivity contribution is 6.41. The summed E-state index contributed by atoms with van der Waals surface area (Å²) in [5.41, 5.74) is 1.97. The summed E-state index contributed by atoms with van der Waals surface area (Å²) in [4.78, 5) is 37.6. The maximum absolute atomic E-state index is 12.8. The molecule has 1 atom stereocenters. The molecule has 8 nitrogen and oxygen atoms in total. The van der Waals surface area contributed by atoms with Crippen LogP contribution in [0.15, 0.2) is 24.3 Å².